The minimum absolute atomic E-state index is 0.230. The quantitative estimate of drug-likeness (QED) is 0.627. The maximum atomic E-state index is 12.9. The molecule has 154 valence electrons. The molecule has 2 aromatic carbocycles. The number of methoxy groups -OCH3 is 2. The Morgan fingerprint density at radius 1 is 0.862 bits per heavy atom. The van der Waals surface area contributed by atoms with Crippen LogP contribution < -0.4 is 15.4 Å². The molecule has 2 atom stereocenters. The minimum Gasteiger partial charge on any atom is -0.497 e. The molecule has 7 heteroatoms. The van der Waals surface area contributed by atoms with E-state index in [0.717, 1.165) is 11.1 Å². The average Bonchev–Trinajstić information content (AvgIpc) is 2.72. The van der Waals surface area contributed by atoms with Crippen molar-refractivity contribution in [2.45, 2.75) is 31.8 Å². The molecule has 0 aliphatic carbocycles. The normalized spacial score (nSPS) is 12.4. The van der Waals surface area contributed by atoms with Gasteiger partial charge in [0.1, 0.15) is 17.8 Å². The van der Waals surface area contributed by atoms with Gasteiger partial charge in [0.15, 0.2) is 0 Å². The molecule has 0 bridgehead atoms. The van der Waals surface area contributed by atoms with Crippen molar-refractivity contribution in [2.75, 3.05) is 14.2 Å². The number of carbonyl (C=O) groups excluding carboxylic acids is 3. The van der Waals surface area contributed by atoms with Crippen LogP contribution in [0.4, 0.5) is 0 Å². The molecule has 2 aromatic rings. The third-order valence-electron chi connectivity index (χ3n) is 4.35. The van der Waals surface area contributed by atoms with Gasteiger partial charge < -0.3 is 20.1 Å². The molecule has 2 rings (SSSR count). The predicted octanol–water partition coefficient (Wildman–Crippen LogP) is 1.64. The third kappa shape index (κ3) is 6.95. The van der Waals surface area contributed by atoms with E-state index < -0.39 is 24.0 Å². The van der Waals surface area contributed by atoms with Crippen LogP contribution >= 0.6 is 0 Å². The van der Waals surface area contributed by atoms with Crippen LogP contribution in [0, 0.1) is 0 Å². The summed E-state index contributed by atoms with van der Waals surface area (Å²) in [5, 5.41) is 5.36. The van der Waals surface area contributed by atoms with Crippen molar-refractivity contribution in [3.8, 4) is 5.75 Å². The van der Waals surface area contributed by atoms with Crippen LogP contribution in [-0.2, 0) is 32.0 Å². The molecule has 2 amide bonds. The number of ether oxygens (including phenoxy) is 2. The van der Waals surface area contributed by atoms with Crippen LogP contribution in [0.2, 0.25) is 0 Å². The topological polar surface area (TPSA) is 93.7 Å². The first kappa shape index (κ1) is 21.9. The molecule has 0 aliphatic heterocycles. The summed E-state index contributed by atoms with van der Waals surface area (Å²) in [5.74, 6) is -0.703. The van der Waals surface area contributed by atoms with Gasteiger partial charge in [-0.25, -0.2) is 4.79 Å². The summed E-state index contributed by atoms with van der Waals surface area (Å²) >= 11 is 0. The predicted molar refractivity (Wildman–Crippen MR) is 108 cm³/mol. The fraction of sp³-hybridized carbons (Fsp3) is 0.318. The zero-order valence-corrected chi connectivity index (χ0v) is 16.8. The summed E-state index contributed by atoms with van der Waals surface area (Å²) in [6.07, 6.45) is 0.535. The first-order valence-corrected chi connectivity index (χ1v) is 9.25. The SMILES string of the molecule is COC(=O)[C@H](Cc1cccc(OC)c1)NC(=O)[C@@H](Cc1ccccc1)NC(C)=O. The molecule has 0 radical (unpaired) electrons. The highest BCUT2D eigenvalue weighted by Crippen LogP contribution is 2.15. The molecule has 0 unspecified atom stereocenters. The summed E-state index contributed by atoms with van der Waals surface area (Å²) < 4.78 is 10.1. The molecule has 7 nitrogen and oxygen atoms in total. The van der Waals surface area contributed by atoms with E-state index in [1.807, 2.05) is 36.4 Å². The van der Waals surface area contributed by atoms with Gasteiger partial charge in [-0.2, -0.15) is 0 Å². The number of hydrogen-bond acceptors (Lipinski definition) is 5. The van der Waals surface area contributed by atoms with Gasteiger partial charge in [0.2, 0.25) is 11.8 Å². The van der Waals surface area contributed by atoms with Crippen molar-refractivity contribution < 1.29 is 23.9 Å². The minimum atomic E-state index is -0.897. The van der Waals surface area contributed by atoms with Crippen LogP contribution in [0.3, 0.4) is 0 Å². The average molecular weight is 398 g/mol. The van der Waals surface area contributed by atoms with E-state index in [0.29, 0.717) is 12.2 Å². The number of esters is 1. The van der Waals surface area contributed by atoms with Crippen molar-refractivity contribution in [3.63, 3.8) is 0 Å². The standard InChI is InChI=1S/C22H26N2O5/c1-15(25)23-19(13-16-8-5-4-6-9-16)21(26)24-20(22(27)29-3)14-17-10-7-11-18(12-17)28-2/h4-12,19-20H,13-14H2,1-3H3,(H,23,25)(H,24,26)/t19-,20+/m1/s1. The van der Waals surface area contributed by atoms with Crippen LogP contribution in [0.15, 0.2) is 54.6 Å². The van der Waals surface area contributed by atoms with E-state index >= 15 is 0 Å². The molecular weight excluding hydrogens is 372 g/mol. The highest BCUT2D eigenvalue weighted by atomic mass is 16.5. The summed E-state index contributed by atoms with van der Waals surface area (Å²) in [4.78, 5) is 36.7. The van der Waals surface area contributed by atoms with Gasteiger partial charge in [-0.1, -0.05) is 42.5 Å². The van der Waals surface area contributed by atoms with Crippen molar-refractivity contribution in [1.82, 2.24) is 10.6 Å². The van der Waals surface area contributed by atoms with Crippen LogP contribution in [0.25, 0.3) is 0 Å². The number of hydrogen-bond donors (Lipinski definition) is 2. The molecular formula is C22H26N2O5. The van der Waals surface area contributed by atoms with E-state index in [4.69, 9.17) is 9.47 Å². The maximum Gasteiger partial charge on any atom is 0.328 e. The zero-order valence-electron chi connectivity index (χ0n) is 16.8. The van der Waals surface area contributed by atoms with E-state index in [1.165, 1.54) is 14.0 Å². The monoisotopic (exact) mass is 398 g/mol. The van der Waals surface area contributed by atoms with E-state index in [2.05, 4.69) is 10.6 Å². The first-order chi connectivity index (χ1) is 13.9. The number of rotatable bonds is 9. The van der Waals surface area contributed by atoms with Crippen LogP contribution in [0.5, 0.6) is 5.75 Å². The van der Waals surface area contributed by atoms with Gasteiger partial charge in [-0.3, -0.25) is 9.59 Å². The second-order valence-electron chi connectivity index (χ2n) is 6.58. The fourth-order valence-corrected chi connectivity index (χ4v) is 2.95. The number of carbonyl (C=O) groups is 3. The number of amides is 2. The van der Waals surface area contributed by atoms with Crippen molar-refractivity contribution >= 4 is 17.8 Å². The van der Waals surface area contributed by atoms with E-state index in [-0.39, 0.29) is 12.3 Å². The lowest BCUT2D eigenvalue weighted by Gasteiger charge is -2.22. The van der Waals surface area contributed by atoms with Gasteiger partial charge in [-0.15, -0.1) is 0 Å². The fourth-order valence-electron chi connectivity index (χ4n) is 2.95. The molecule has 0 saturated heterocycles. The maximum absolute atomic E-state index is 12.9. The Labute approximate surface area is 170 Å². The molecule has 0 heterocycles. The molecule has 0 aromatic heterocycles. The van der Waals surface area contributed by atoms with Gasteiger partial charge >= 0.3 is 5.97 Å². The Morgan fingerprint density at radius 2 is 1.52 bits per heavy atom. The first-order valence-electron chi connectivity index (χ1n) is 9.25. The number of benzene rings is 2. The summed E-state index contributed by atoms with van der Waals surface area (Å²) in [6.45, 7) is 1.35. The van der Waals surface area contributed by atoms with Crippen molar-refractivity contribution in [2.24, 2.45) is 0 Å². The smallest absolute Gasteiger partial charge is 0.328 e. The summed E-state index contributed by atoms with van der Waals surface area (Å²) in [5.41, 5.74) is 1.70. The Kier molecular flexibility index (Phi) is 8.21. The van der Waals surface area contributed by atoms with E-state index in [9.17, 15) is 14.4 Å². The Morgan fingerprint density at radius 3 is 2.14 bits per heavy atom. The number of nitrogens with one attached hydrogen (secondary N) is 2. The van der Waals surface area contributed by atoms with Gasteiger partial charge in [0, 0.05) is 19.8 Å². The van der Waals surface area contributed by atoms with Crippen molar-refractivity contribution in [3.05, 3.63) is 65.7 Å². The molecule has 29 heavy (non-hydrogen) atoms. The van der Waals surface area contributed by atoms with Gasteiger partial charge in [0.25, 0.3) is 0 Å². The Bertz CT molecular complexity index is 838. The lowest BCUT2D eigenvalue weighted by atomic mass is 10.0. The summed E-state index contributed by atoms with van der Waals surface area (Å²) in [6, 6.07) is 14.8. The molecule has 0 fully saturated rings. The molecule has 0 aliphatic rings. The highest BCUT2D eigenvalue weighted by molar-refractivity contribution is 5.90. The molecule has 0 saturated carbocycles. The lowest BCUT2D eigenvalue weighted by molar-refractivity contribution is -0.145. The van der Waals surface area contributed by atoms with Crippen LogP contribution in [-0.4, -0.2) is 44.1 Å². The molecule has 2 N–H and O–H groups in total. The van der Waals surface area contributed by atoms with Crippen molar-refractivity contribution in [1.29, 1.82) is 0 Å². The van der Waals surface area contributed by atoms with E-state index in [1.54, 1.807) is 25.3 Å². The Hall–Kier alpha value is -3.35. The Balaban J connectivity index is 2.16. The summed E-state index contributed by atoms with van der Waals surface area (Å²) in [7, 11) is 2.82. The zero-order chi connectivity index (χ0) is 21.2. The largest absolute Gasteiger partial charge is 0.497 e. The lowest BCUT2D eigenvalue weighted by Crippen LogP contribution is -2.53. The van der Waals surface area contributed by atoms with Gasteiger partial charge in [-0.05, 0) is 23.3 Å². The van der Waals surface area contributed by atoms with Crippen LogP contribution in [0.1, 0.15) is 18.1 Å². The second-order valence-corrected chi connectivity index (χ2v) is 6.58. The third-order valence-corrected chi connectivity index (χ3v) is 4.35. The van der Waals surface area contributed by atoms with Gasteiger partial charge in [0.05, 0.1) is 14.2 Å². The second kappa shape index (κ2) is 10.8. The highest BCUT2D eigenvalue weighted by Gasteiger charge is 2.27. The molecule has 0 spiro atoms.